The molecule has 0 aliphatic carbocycles. The van der Waals surface area contributed by atoms with E-state index < -0.39 is 0 Å². The van der Waals surface area contributed by atoms with Crippen molar-refractivity contribution in [3.8, 4) is 5.69 Å². The summed E-state index contributed by atoms with van der Waals surface area (Å²) >= 11 is 0. The molecular formula is C24H28N4O. The van der Waals surface area contributed by atoms with E-state index in [0.29, 0.717) is 18.8 Å². The van der Waals surface area contributed by atoms with E-state index >= 15 is 0 Å². The minimum Gasteiger partial charge on any atom is -0.299 e. The van der Waals surface area contributed by atoms with Crippen LogP contribution >= 0.6 is 0 Å². The van der Waals surface area contributed by atoms with Crippen molar-refractivity contribution in [1.82, 2.24) is 19.7 Å². The van der Waals surface area contributed by atoms with Gasteiger partial charge in [0.2, 0.25) is 0 Å². The Morgan fingerprint density at radius 1 is 1.07 bits per heavy atom. The Labute approximate surface area is 172 Å². The van der Waals surface area contributed by atoms with Gasteiger partial charge in [-0.15, -0.1) is 0 Å². The number of Topliss-reactive ketones (excluding diaryl/α,β-unsaturated/α-hetero) is 1. The normalized spacial score (nSPS) is 15.5. The highest BCUT2D eigenvalue weighted by Crippen LogP contribution is 2.27. The van der Waals surface area contributed by atoms with Crippen LogP contribution < -0.4 is 0 Å². The monoisotopic (exact) mass is 388 g/mol. The third-order valence-electron chi connectivity index (χ3n) is 5.67. The number of pyridine rings is 1. The number of hydrogen-bond donors (Lipinski definition) is 0. The molecule has 0 saturated carbocycles. The van der Waals surface area contributed by atoms with E-state index in [0.717, 1.165) is 49.6 Å². The molecule has 1 fully saturated rings. The Morgan fingerprint density at radius 3 is 2.62 bits per heavy atom. The van der Waals surface area contributed by atoms with Crippen molar-refractivity contribution in [3.05, 3.63) is 77.9 Å². The van der Waals surface area contributed by atoms with E-state index in [2.05, 4.69) is 34.4 Å². The molecule has 5 nitrogen and oxygen atoms in total. The van der Waals surface area contributed by atoms with Crippen molar-refractivity contribution in [2.75, 3.05) is 13.1 Å². The van der Waals surface area contributed by atoms with Crippen molar-refractivity contribution in [3.63, 3.8) is 0 Å². The predicted octanol–water partition coefficient (Wildman–Crippen LogP) is 4.17. The van der Waals surface area contributed by atoms with Crippen LogP contribution in [0.5, 0.6) is 0 Å². The van der Waals surface area contributed by atoms with Crippen LogP contribution in [0, 0.1) is 0 Å². The lowest BCUT2D eigenvalue weighted by Crippen LogP contribution is -2.32. The van der Waals surface area contributed by atoms with Crippen LogP contribution in [0.25, 0.3) is 5.69 Å². The largest absolute Gasteiger partial charge is 0.299 e. The van der Waals surface area contributed by atoms with E-state index in [-0.39, 0.29) is 5.78 Å². The molecule has 1 saturated heterocycles. The SMILES string of the molecule is CCC(=O)Cc1cccc(C2CCN(Cc3cnn(-c4ccccc4)c3)CC2)n1. The highest BCUT2D eigenvalue weighted by Gasteiger charge is 2.22. The number of likely N-dealkylation sites (tertiary alicyclic amines) is 1. The number of hydrogen-bond acceptors (Lipinski definition) is 4. The lowest BCUT2D eigenvalue weighted by Gasteiger charge is -2.31. The van der Waals surface area contributed by atoms with Crippen LogP contribution in [0.2, 0.25) is 0 Å². The lowest BCUT2D eigenvalue weighted by atomic mass is 9.92. The van der Waals surface area contributed by atoms with E-state index in [1.165, 1.54) is 5.56 Å². The summed E-state index contributed by atoms with van der Waals surface area (Å²) in [5, 5.41) is 4.51. The molecule has 0 N–H and O–H groups in total. The zero-order valence-electron chi connectivity index (χ0n) is 17.0. The molecule has 3 aromatic rings. The number of aromatic nitrogens is 3. The average molecular weight is 389 g/mol. The van der Waals surface area contributed by atoms with Gasteiger partial charge in [-0.3, -0.25) is 14.7 Å². The highest BCUT2D eigenvalue weighted by atomic mass is 16.1. The highest BCUT2D eigenvalue weighted by molar-refractivity contribution is 5.80. The fraction of sp³-hybridized carbons (Fsp3) is 0.375. The van der Waals surface area contributed by atoms with Gasteiger partial charge in [0.05, 0.1) is 11.9 Å². The van der Waals surface area contributed by atoms with E-state index in [1.807, 2.05) is 48.1 Å². The fourth-order valence-electron chi connectivity index (χ4n) is 3.96. The molecule has 150 valence electrons. The van der Waals surface area contributed by atoms with E-state index in [1.54, 1.807) is 0 Å². The summed E-state index contributed by atoms with van der Waals surface area (Å²) in [5.41, 5.74) is 4.38. The molecule has 0 radical (unpaired) electrons. The van der Waals surface area contributed by atoms with E-state index in [4.69, 9.17) is 4.98 Å². The molecule has 1 aliphatic heterocycles. The van der Waals surface area contributed by atoms with Gasteiger partial charge in [0.1, 0.15) is 5.78 Å². The molecule has 0 unspecified atom stereocenters. The number of piperidine rings is 1. The summed E-state index contributed by atoms with van der Waals surface area (Å²) in [7, 11) is 0. The van der Waals surface area contributed by atoms with Gasteiger partial charge in [0, 0.05) is 48.5 Å². The summed E-state index contributed by atoms with van der Waals surface area (Å²) in [6.45, 7) is 4.95. The first kappa shape index (κ1) is 19.5. The Hall–Kier alpha value is -2.79. The number of nitrogens with zero attached hydrogens (tertiary/aromatic N) is 4. The topological polar surface area (TPSA) is 51.0 Å². The van der Waals surface area contributed by atoms with Crippen LogP contribution in [0.15, 0.2) is 60.9 Å². The standard InChI is InChI=1S/C24H28N4O/c1-2-23(29)15-21-7-6-10-24(26-21)20-11-13-27(14-12-20)17-19-16-25-28(18-19)22-8-4-3-5-9-22/h3-10,16,18,20H,2,11-15,17H2,1H3. The second-order valence-electron chi connectivity index (χ2n) is 7.80. The molecule has 2 aromatic heterocycles. The third kappa shape index (κ3) is 4.98. The maximum Gasteiger partial charge on any atom is 0.138 e. The number of ketones is 1. The average Bonchev–Trinajstić information content (AvgIpc) is 3.23. The van der Waals surface area contributed by atoms with Gasteiger partial charge in [-0.1, -0.05) is 31.2 Å². The van der Waals surface area contributed by atoms with Gasteiger partial charge in [-0.2, -0.15) is 5.10 Å². The number of carbonyl (C=O) groups excluding carboxylic acids is 1. The van der Waals surface area contributed by atoms with Crippen LogP contribution in [0.1, 0.15) is 49.1 Å². The zero-order valence-corrected chi connectivity index (χ0v) is 17.0. The van der Waals surface area contributed by atoms with Crippen molar-refractivity contribution >= 4 is 5.78 Å². The predicted molar refractivity (Wildman–Crippen MR) is 114 cm³/mol. The van der Waals surface area contributed by atoms with Crippen molar-refractivity contribution in [2.45, 2.75) is 45.1 Å². The molecule has 0 bridgehead atoms. The Kier molecular flexibility index (Phi) is 6.15. The van der Waals surface area contributed by atoms with E-state index in [9.17, 15) is 4.79 Å². The Bertz CT molecular complexity index is 942. The van der Waals surface area contributed by atoms with Crippen molar-refractivity contribution < 1.29 is 4.79 Å². The van der Waals surface area contributed by atoms with Crippen LogP contribution in [-0.2, 0) is 17.8 Å². The molecule has 5 heteroatoms. The van der Waals surface area contributed by atoms with Crippen molar-refractivity contribution in [2.24, 2.45) is 0 Å². The molecule has 0 amide bonds. The molecule has 1 aromatic carbocycles. The summed E-state index contributed by atoms with van der Waals surface area (Å²) in [4.78, 5) is 19.0. The van der Waals surface area contributed by atoms with Gasteiger partial charge < -0.3 is 0 Å². The zero-order chi connectivity index (χ0) is 20.1. The minimum absolute atomic E-state index is 0.250. The van der Waals surface area contributed by atoms with Gasteiger partial charge in [-0.05, 0) is 50.2 Å². The molecule has 3 heterocycles. The Morgan fingerprint density at radius 2 is 1.86 bits per heavy atom. The van der Waals surface area contributed by atoms with Crippen LogP contribution in [0.3, 0.4) is 0 Å². The molecule has 29 heavy (non-hydrogen) atoms. The lowest BCUT2D eigenvalue weighted by molar-refractivity contribution is -0.118. The number of rotatable bonds is 7. The minimum atomic E-state index is 0.250. The smallest absolute Gasteiger partial charge is 0.138 e. The summed E-state index contributed by atoms with van der Waals surface area (Å²) in [5.74, 6) is 0.732. The molecular weight excluding hydrogens is 360 g/mol. The van der Waals surface area contributed by atoms with Crippen LogP contribution in [0.4, 0.5) is 0 Å². The summed E-state index contributed by atoms with van der Waals surface area (Å²) < 4.78 is 1.94. The van der Waals surface area contributed by atoms with Gasteiger partial charge >= 0.3 is 0 Å². The first-order chi connectivity index (χ1) is 14.2. The van der Waals surface area contributed by atoms with Crippen molar-refractivity contribution in [1.29, 1.82) is 0 Å². The molecule has 4 rings (SSSR count). The summed E-state index contributed by atoms with van der Waals surface area (Å²) in [6, 6.07) is 16.3. The molecule has 0 spiro atoms. The van der Waals surface area contributed by atoms with Gasteiger partial charge in [-0.25, -0.2) is 4.68 Å². The second-order valence-corrected chi connectivity index (χ2v) is 7.80. The van der Waals surface area contributed by atoms with Gasteiger partial charge in [0.25, 0.3) is 0 Å². The fourth-order valence-corrected chi connectivity index (χ4v) is 3.96. The quantitative estimate of drug-likeness (QED) is 0.610. The number of carbonyl (C=O) groups is 1. The molecule has 1 aliphatic rings. The first-order valence-electron chi connectivity index (χ1n) is 10.5. The maximum absolute atomic E-state index is 11.7. The second kappa shape index (κ2) is 9.14. The Balaban J connectivity index is 1.33. The number of benzene rings is 1. The van der Waals surface area contributed by atoms with Gasteiger partial charge in [0.15, 0.2) is 0 Å². The molecule has 0 atom stereocenters. The first-order valence-corrected chi connectivity index (χ1v) is 10.5. The van der Waals surface area contributed by atoms with Crippen LogP contribution in [-0.4, -0.2) is 38.5 Å². The number of para-hydroxylation sites is 1. The summed E-state index contributed by atoms with van der Waals surface area (Å²) in [6.07, 6.45) is 7.32. The third-order valence-corrected chi connectivity index (χ3v) is 5.67. The maximum atomic E-state index is 11.7.